The number of nitrogens with two attached hydrogens (primary N) is 1. The van der Waals surface area contributed by atoms with Gasteiger partial charge in [0.1, 0.15) is 0 Å². The number of carbonyl (C=O) groups excluding carboxylic acids is 2. The lowest BCUT2D eigenvalue weighted by atomic mass is 9.97. The van der Waals surface area contributed by atoms with Crippen LogP contribution in [0, 0.1) is 0 Å². The van der Waals surface area contributed by atoms with Crippen molar-refractivity contribution in [2.45, 2.75) is 6.29 Å². The van der Waals surface area contributed by atoms with E-state index in [1.165, 1.54) is 0 Å². The van der Waals surface area contributed by atoms with E-state index in [4.69, 9.17) is 26.2 Å². The Morgan fingerprint density at radius 2 is 1.41 bits per heavy atom. The first kappa shape index (κ1) is 17.1. The number of carboxylic acid groups (broad SMARTS) is 2. The van der Waals surface area contributed by atoms with Crippen molar-refractivity contribution in [3.63, 3.8) is 0 Å². The molecule has 118 valence electrons. The molecule has 1 rings (SSSR count). The highest BCUT2D eigenvalue weighted by atomic mass is 16.5. The molecule has 0 unspecified atom stereocenters. The van der Waals surface area contributed by atoms with E-state index in [0.717, 1.165) is 6.07 Å². The van der Waals surface area contributed by atoms with Crippen molar-refractivity contribution >= 4 is 23.8 Å². The molecule has 0 radical (unpaired) electrons. The molecule has 1 aromatic rings. The summed E-state index contributed by atoms with van der Waals surface area (Å²) in [5.41, 5.74) is 2.59. The molecule has 10 heteroatoms. The summed E-state index contributed by atoms with van der Waals surface area (Å²) in [5.74, 6) is -5.39. The minimum Gasteiger partial charge on any atom is -0.478 e. The first-order valence-corrected chi connectivity index (χ1v) is 5.74. The van der Waals surface area contributed by atoms with Crippen LogP contribution in [0.4, 0.5) is 0 Å². The van der Waals surface area contributed by atoms with Crippen LogP contribution in [-0.2, 0) is 0 Å². The number of aliphatic hydroxyl groups excluding tert-OH is 1. The van der Waals surface area contributed by atoms with Crippen molar-refractivity contribution in [3.8, 4) is 0 Å². The van der Waals surface area contributed by atoms with E-state index >= 15 is 0 Å². The first-order chi connectivity index (χ1) is 10.1. The smallest absolute Gasteiger partial charge is 0.336 e. The lowest BCUT2D eigenvalue weighted by Crippen LogP contribution is -2.33. The van der Waals surface area contributed by atoms with Crippen molar-refractivity contribution in [2.75, 3.05) is 6.54 Å². The maximum Gasteiger partial charge on any atom is 0.336 e. The van der Waals surface area contributed by atoms with Gasteiger partial charge in [-0.15, -0.1) is 0 Å². The van der Waals surface area contributed by atoms with E-state index in [-0.39, 0.29) is 0 Å². The zero-order valence-electron chi connectivity index (χ0n) is 10.9. The number of aliphatic hydroxyl groups is 2. The Morgan fingerprint density at radius 3 is 1.82 bits per heavy atom. The Bertz CT molecular complexity index is 653. The third-order valence-corrected chi connectivity index (χ3v) is 2.57. The fourth-order valence-corrected chi connectivity index (χ4v) is 1.62. The summed E-state index contributed by atoms with van der Waals surface area (Å²) in [7, 11) is 0. The van der Waals surface area contributed by atoms with Crippen molar-refractivity contribution in [3.05, 3.63) is 34.4 Å². The summed E-state index contributed by atoms with van der Waals surface area (Å²) in [6, 6.07) is 1.36. The highest BCUT2D eigenvalue weighted by molar-refractivity contribution is 6.11. The Labute approximate surface area is 122 Å². The predicted octanol–water partition coefficient (Wildman–Crippen LogP) is -1.78. The summed E-state index contributed by atoms with van der Waals surface area (Å²) in [6.07, 6.45) is -1.87. The van der Waals surface area contributed by atoms with Crippen molar-refractivity contribution < 1.29 is 39.6 Å². The number of aromatic carboxylic acids is 2. The second-order valence-electron chi connectivity index (χ2n) is 4.11. The van der Waals surface area contributed by atoms with Crippen molar-refractivity contribution in [2.24, 2.45) is 5.73 Å². The Balaban J connectivity index is 3.45. The van der Waals surface area contributed by atoms with Crippen LogP contribution in [0.5, 0.6) is 0 Å². The molecule has 0 saturated heterocycles. The number of carboxylic acids is 2. The molecule has 10 nitrogen and oxygen atoms in total. The maximum absolute atomic E-state index is 11.8. The standard InChI is InChI=1S/C12H12N2O8/c13-9(17)4-1-5(10(18)14-3-8(15)16)7(12(21)22)2-6(4)11(19)20/h1-2,8,15-16H,3H2,(H2,13,17)(H,14,18)(H,19,20)(H,21,22). The van der Waals surface area contributed by atoms with Crippen LogP contribution in [0.3, 0.4) is 0 Å². The molecule has 0 heterocycles. The van der Waals surface area contributed by atoms with Gasteiger partial charge < -0.3 is 31.5 Å². The van der Waals surface area contributed by atoms with Gasteiger partial charge in [-0.05, 0) is 12.1 Å². The minimum atomic E-state index is -1.87. The van der Waals surface area contributed by atoms with Gasteiger partial charge in [0.15, 0.2) is 6.29 Å². The topological polar surface area (TPSA) is 187 Å². The van der Waals surface area contributed by atoms with Gasteiger partial charge in [0, 0.05) is 0 Å². The summed E-state index contributed by atoms with van der Waals surface area (Å²) >= 11 is 0. The second-order valence-corrected chi connectivity index (χ2v) is 4.11. The van der Waals surface area contributed by atoms with Gasteiger partial charge in [-0.3, -0.25) is 9.59 Å². The summed E-state index contributed by atoms with van der Waals surface area (Å²) in [6.45, 7) is -0.593. The van der Waals surface area contributed by atoms with Gasteiger partial charge >= 0.3 is 11.9 Å². The van der Waals surface area contributed by atoms with Gasteiger partial charge in [-0.25, -0.2) is 9.59 Å². The molecule has 0 saturated carbocycles. The van der Waals surface area contributed by atoms with Crippen molar-refractivity contribution in [1.29, 1.82) is 0 Å². The fraction of sp³-hybridized carbons (Fsp3) is 0.167. The zero-order valence-corrected chi connectivity index (χ0v) is 10.9. The van der Waals surface area contributed by atoms with E-state index in [0.29, 0.717) is 6.07 Å². The molecule has 0 bridgehead atoms. The molecular weight excluding hydrogens is 300 g/mol. The molecule has 0 spiro atoms. The van der Waals surface area contributed by atoms with Crippen LogP contribution in [0.25, 0.3) is 0 Å². The minimum absolute atomic E-state index is 0.535. The number of benzene rings is 1. The number of hydrogen-bond acceptors (Lipinski definition) is 6. The Kier molecular flexibility index (Phi) is 5.16. The number of rotatable bonds is 6. The van der Waals surface area contributed by atoms with Gasteiger partial charge in [-0.2, -0.15) is 0 Å². The molecule has 1 aromatic carbocycles. The highest BCUT2D eigenvalue weighted by Gasteiger charge is 2.24. The van der Waals surface area contributed by atoms with Crippen LogP contribution in [0.2, 0.25) is 0 Å². The molecule has 0 aromatic heterocycles. The highest BCUT2D eigenvalue weighted by Crippen LogP contribution is 2.18. The molecule has 2 amide bonds. The predicted molar refractivity (Wildman–Crippen MR) is 69.4 cm³/mol. The molecule has 0 aliphatic carbocycles. The average Bonchev–Trinajstić information content (AvgIpc) is 2.42. The van der Waals surface area contributed by atoms with Crippen LogP contribution in [0.1, 0.15) is 41.4 Å². The molecule has 7 N–H and O–H groups in total. The van der Waals surface area contributed by atoms with Gasteiger partial charge in [-0.1, -0.05) is 0 Å². The van der Waals surface area contributed by atoms with E-state index in [2.05, 4.69) is 0 Å². The fourth-order valence-electron chi connectivity index (χ4n) is 1.62. The molecule has 0 aliphatic rings. The van der Waals surface area contributed by atoms with Gasteiger partial charge in [0.2, 0.25) is 5.91 Å². The van der Waals surface area contributed by atoms with Crippen LogP contribution in [0.15, 0.2) is 12.1 Å². The SMILES string of the molecule is NC(=O)c1cc(C(=O)NCC(O)O)c(C(=O)O)cc1C(=O)O. The third-order valence-electron chi connectivity index (χ3n) is 2.57. The van der Waals surface area contributed by atoms with Crippen molar-refractivity contribution in [1.82, 2.24) is 5.32 Å². The van der Waals surface area contributed by atoms with Crippen LogP contribution >= 0.6 is 0 Å². The monoisotopic (exact) mass is 312 g/mol. The number of carbonyl (C=O) groups is 4. The first-order valence-electron chi connectivity index (χ1n) is 5.74. The average molecular weight is 312 g/mol. The van der Waals surface area contributed by atoms with Crippen LogP contribution < -0.4 is 11.1 Å². The molecule has 0 fully saturated rings. The summed E-state index contributed by atoms with van der Waals surface area (Å²) in [4.78, 5) is 45.2. The molecule has 22 heavy (non-hydrogen) atoms. The Hall–Kier alpha value is -2.98. The van der Waals surface area contributed by atoms with Gasteiger partial charge in [0.05, 0.1) is 28.8 Å². The largest absolute Gasteiger partial charge is 0.478 e. The lowest BCUT2D eigenvalue weighted by molar-refractivity contribution is -0.0361. The maximum atomic E-state index is 11.8. The number of primary amides is 1. The van der Waals surface area contributed by atoms with E-state index < -0.39 is 58.8 Å². The number of amides is 2. The normalized spacial score (nSPS) is 10.3. The molecular formula is C12H12N2O8. The summed E-state index contributed by atoms with van der Waals surface area (Å²) in [5, 5.41) is 37.3. The number of nitrogens with one attached hydrogen (secondary N) is 1. The lowest BCUT2D eigenvalue weighted by Gasteiger charge is -2.11. The quantitative estimate of drug-likeness (QED) is 0.332. The third kappa shape index (κ3) is 3.77. The molecule has 0 aliphatic heterocycles. The summed E-state index contributed by atoms with van der Waals surface area (Å²) < 4.78 is 0. The van der Waals surface area contributed by atoms with Crippen LogP contribution in [-0.4, -0.2) is 57.0 Å². The second kappa shape index (κ2) is 6.65. The van der Waals surface area contributed by atoms with E-state index in [1.54, 1.807) is 0 Å². The van der Waals surface area contributed by atoms with E-state index in [9.17, 15) is 19.2 Å². The van der Waals surface area contributed by atoms with E-state index in [1.807, 2.05) is 5.32 Å². The zero-order chi connectivity index (χ0) is 17.0. The molecule has 0 atom stereocenters. The Morgan fingerprint density at radius 1 is 0.955 bits per heavy atom. The van der Waals surface area contributed by atoms with Gasteiger partial charge in [0.25, 0.3) is 5.91 Å². The number of hydrogen-bond donors (Lipinski definition) is 6.